The van der Waals surface area contributed by atoms with E-state index in [1.807, 2.05) is 22.8 Å². The highest BCUT2D eigenvalue weighted by molar-refractivity contribution is 6.12. The smallest absolute Gasteiger partial charge is 0.257 e. The van der Waals surface area contributed by atoms with Crippen molar-refractivity contribution in [2.45, 2.75) is 32.2 Å². The van der Waals surface area contributed by atoms with Crippen LogP contribution in [0, 0.1) is 0 Å². The second-order valence-corrected chi connectivity index (χ2v) is 7.94. The second-order valence-electron chi connectivity index (χ2n) is 7.94. The van der Waals surface area contributed by atoms with E-state index in [4.69, 9.17) is 10.7 Å². The number of carbonyl (C=O) groups excluding carboxylic acids is 2. The van der Waals surface area contributed by atoms with Gasteiger partial charge in [-0.25, -0.2) is 9.98 Å². The van der Waals surface area contributed by atoms with Crippen LogP contribution in [0.15, 0.2) is 52.4 Å². The molecule has 0 saturated carbocycles. The number of rotatable bonds is 1. The first-order chi connectivity index (χ1) is 16.0. The number of carbonyl (C=O) groups is 2. The van der Waals surface area contributed by atoms with E-state index in [1.165, 1.54) is 6.34 Å². The molecule has 170 valence electrons. The monoisotopic (exact) mass is 445 g/mol. The molecule has 1 aliphatic rings. The quantitative estimate of drug-likeness (QED) is 0.393. The SMILES string of the molecule is CN=C(N=CN)c1cccc2nc3n(c12)C(C)CCCCNC(=O)c1cccc(c1)C(=O)N3. The Labute approximate surface area is 191 Å². The van der Waals surface area contributed by atoms with E-state index in [0.29, 0.717) is 29.5 Å². The Hall–Kier alpha value is -4.01. The Kier molecular flexibility index (Phi) is 6.48. The van der Waals surface area contributed by atoms with Crippen molar-refractivity contribution in [3.63, 3.8) is 0 Å². The third kappa shape index (κ3) is 4.48. The number of nitrogens with zero attached hydrogens (tertiary/aromatic N) is 4. The van der Waals surface area contributed by atoms with E-state index in [9.17, 15) is 9.59 Å². The molecule has 9 heteroatoms. The lowest BCUT2D eigenvalue weighted by Crippen LogP contribution is -2.25. The first kappa shape index (κ1) is 22.2. The van der Waals surface area contributed by atoms with Gasteiger partial charge in [0.2, 0.25) is 5.95 Å². The predicted octanol–water partition coefficient (Wildman–Crippen LogP) is 3.13. The predicted molar refractivity (Wildman–Crippen MR) is 130 cm³/mol. The van der Waals surface area contributed by atoms with Crippen molar-refractivity contribution in [2.75, 3.05) is 18.9 Å². The maximum absolute atomic E-state index is 13.1. The Balaban J connectivity index is 1.88. The number of amidine groups is 1. The van der Waals surface area contributed by atoms with Crippen molar-refractivity contribution < 1.29 is 9.59 Å². The molecule has 4 N–H and O–H groups in total. The molecular weight excluding hydrogens is 418 g/mol. The summed E-state index contributed by atoms with van der Waals surface area (Å²) >= 11 is 0. The van der Waals surface area contributed by atoms with Gasteiger partial charge in [0.15, 0.2) is 5.84 Å². The van der Waals surface area contributed by atoms with Gasteiger partial charge in [0, 0.05) is 36.3 Å². The molecule has 2 bridgehead atoms. The van der Waals surface area contributed by atoms with Gasteiger partial charge in [0.05, 0.1) is 17.4 Å². The molecule has 2 aromatic carbocycles. The topological polar surface area (TPSA) is 127 Å². The summed E-state index contributed by atoms with van der Waals surface area (Å²) in [5, 5.41) is 5.88. The zero-order valence-corrected chi connectivity index (χ0v) is 18.7. The average molecular weight is 446 g/mol. The van der Waals surface area contributed by atoms with Gasteiger partial charge >= 0.3 is 0 Å². The van der Waals surface area contributed by atoms with Gasteiger partial charge in [-0.3, -0.25) is 19.9 Å². The van der Waals surface area contributed by atoms with Crippen LogP contribution in [0.3, 0.4) is 0 Å². The number of fused-ring (bicyclic) bond motifs is 5. The summed E-state index contributed by atoms with van der Waals surface area (Å²) < 4.78 is 2.04. The van der Waals surface area contributed by atoms with Crippen LogP contribution in [-0.2, 0) is 0 Å². The maximum Gasteiger partial charge on any atom is 0.257 e. The molecule has 33 heavy (non-hydrogen) atoms. The fourth-order valence-electron chi connectivity index (χ4n) is 4.14. The van der Waals surface area contributed by atoms with Crippen LogP contribution in [-0.4, -0.2) is 47.1 Å². The van der Waals surface area contributed by atoms with Crippen LogP contribution in [0.5, 0.6) is 0 Å². The molecule has 4 rings (SSSR count). The third-order valence-electron chi connectivity index (χ3n) is 5.75. The van der Waals surface area contributed by atoms with E-state index < -0.39 is 0 Å². The third-order valence-corrected chi connectivity index (χ3v) is 5.75. The van der Waals surface area contributed by atoms with E-state index in [0.717, 1.165) is 35.9 Å². The van der Waals surface area contributed by atoms with Crippen LogP contribution in [0.2, 0.25) is 0 Å². The fraction of sp³-hybridized carbons (Fsp3) is 0.292. The number of aliphatic imine (C=N–C) groups is 2. The van der Waals surface area contributed by atoms with Crippen molar-refractivity contribution >= 4 is 41.0 Å². The zero-order chi connectivity index (χ0) is 23.4. The minimum atomic E-state index is -0.337. The van der Waals surface area contributed by atoms with Crippen LogP contribution in [0.1, 0.15) is 58.5 Å². The molecule has 2 heterocycles. The normalized spacial score (nSPS) is 18.0. The number of anilines is 1. The van der Waals surface area contributed by atoms with Gasteiger partial charge in [-0.05, 0) is 56.5 Å². The molecule has 1 atom stereocenters. The summed E-state index contributed by atoms with van der Waals surface area (Å²) in [5.41, 5.74) is 8.72. The number of nitrogens with two attached hydrogens (primary N) is 1. The first-order valence-electron chi connectivity index (χ1n) is 11.0. The van der Waals surface area contributed by atoms with Crippen LogP contribution >= 0.6 is 0 Å². The molecule has 1 unspecified atom stereocenters. The highest BCUT2D eigenvalue weighted by Gasteiger charge is 2.22. The van der Waals surface area contributed by atoms with Gasteiger partial charge in [-0.2, -0.15) is 0 Å². The maximum atomic E-state index is 13.1. The van der Waals surface area contributed by atoms with Gasteiger partial charge in [0.1, 0.15) is 0 Å². The van der Waals surface area contributed by atoms with E-state index >= 15 is 0 Å². The van der Waals surface area contributed by atoms with Crippen LogP contribution in [0.4, 0.5) is 5.95 Å². The average Bonchev–Trinajstić information content (AvgIpc) is 3.19. The summed E-state index contributed by atoms with van der Waals surface area (Å²) in [6, 6.07) is 12.4. The number of amides is 2. The van der Waals surface area contributed by atoms with Crippen molar-refractivity contribution in [2.24, 2.45) is 15.7 Å². The Morgan fingerprint density at radius 3 is 2.67 bits per heavy atom. The summed E-state index contributed by atoms with van der Waals surface area (Å²) in [4.78, 5) is 38.8. The minimum absolute atomic E-state index is 0.0244. The molecule has 0 radical (unpaired) electrons. The number of benzene rings is 2. The summed E-state index contributed by atoms with van der Waals surface area (Å²) in [6.07, 6.45) is 3.79. The minimum Gasteiger partial charge on any atom is -0.390 e. The van der Waals surface area contributed by atoms with E-state index in [2.05, 4.69) is 27.5 Å². The largest absolute Gasteiger partial charge is 0.390 e. The summed E-state index contributed by atoms with van der Waals surface area (Å²) in [7, 11) is 1.66. The van der Waals surface area contributed by atoms with Crippen molar-refractivity contribution in [1.82, 2.24) is 14.9 Å². The number of hydrogen-bond acceptors (Lipinski definition) is 4. The lowest BCUT2D eigenvalue weighted by atomic mass is 10.1. The fourth-order valence-corrected chi connectivity index (χ4v) is 4.14. The molecule has 0 spiro atoms. The van der Waals surface area contributed by atoms with Crippen molar-refractivity contribution in [1.29, 1.82) is 0 Å². The number of para-hydroxylation sites is 1. The Bertz CT molecular complexity index is 1260. The first-order valence-corrected chi connectivity index (χ1v) is 11.0. The summed E-state index contributed by atoms with van der Waals surface area (Å²) in [6.45, 7) is 2.66. The van der Waals surface area contributed by atoms with Gasteiger partial charge in [0.25, 0.3) is 11.8 Å². The lowest BCUT2D eigenvalue weighted by Gasteiger charge is -2.20. The molecule has 0 aliphatic carbocycles. The Morgan fingerprint density at radius 1 is 1.15 bits per heavy atom. The molecule has 3 aromatic rings. The highest BCUT2D eigenvalue weighted by Crippen LogP contribution is 2.31. The van der Waals surface area contributed by atoms with Crippen LogP contribution < -0.4 is 16.4 Å². The molecule has 9 nitrogen and oxygen atoms in total. The standard InChI is InChI=1S/C24H27N7O2/c1-15-7-3-4-12-27-22(32)16-8-5-9-17(13-16)23(33)30-24-29-19-11-6-10-18(20(19)31(15)24)21(26-2)28-14-25/h5-6,8-11,13-15H,3-4,7,12H2,1-2H3,(H,27,32)(H2,25,26,28)(H,29,30,33). The van der Waals surface area contributed by atoms with E-state index in [1.54, 1.807) is 31.3 Å². The number of imidazole rings is 1. The molecule has 1 aromatic heterocycles. The molecule has 2 amide bonds. The number of aromatic nitrogens is 2. The lowest BCUT2D eigenvalue weighted by molar-refractivity contribution is 0.0953. The second kappa shape index (κ2) is 9.64. The van der Waals surface area contributed by atoms with Gasteiger partial charge < -0.3 is 15.6 Å². The molecule has 0 saturated heterocycles. The zero-order valence-electron chi connectivity index (χ0n) is 18.7. The summed E-state index contributed by atoms with van der Waals surface area (Å²) in [5.74, 6) is 0.406. The van der Waals surface area contributed by atoms with Crippen LogP contribution in [0.25, 0.3) is 11.0 Å². The van der Waals surface area contributed by atoms with Crippen molar-refractivity contribution in [3.05, 3.63) is 59.2 Å². The van der Waals surface area contributed by atoms with Crippen molar-refractivity contribution in [3.8, 4) is 0 Å². The highest BCUT2D eigenvalue weighted by atomic mass is 16.2. The number of hydrogen-bond donors (Lipinski definition) is 3. The molecule has 1 aliphatic heterocycles. The van der Waals surface area contributed by atoms with Gasteiger partial charge in [-0.15, -0.1) is 0 Å². The molecule has 0 fully saturated rings. The Morgan fingerprint density at radius 2 is 1.91 bits per heavy atom. The molecular formula is C24H27N7O2. The van der Waals surface area contributed by atoms with Gasteiger partial charge in [-0.1, -0.05) is 12.1 Å². The number of nitrogens with one attached hydrogen (secondary N) is 2. The van der Waals surface area contributed by atoms with E-state index in [-0.39, 0.29) is 17.9 Å².